The van der Waals surface area contributed by atoms with Gasteiger partial charge in [-0.2, -0.15) is 0 Å². The maximum absolute atomic E-state index is 10.7. The molecule has 1 aromatic carbocycles. The lowest BCUT2D eigenvalue weighted by atomic mass is 10.1. The number of benzene rings is 1. The molecular weight excluding hydrogens is 266 g/mol. The molecule has 0 heterocycles. The van der Waals surface area contributed by atoms with Gasteiger partial charge in [-0.05, 0) is 24.0 Å². The Morgan fingerprint density at radius 1 is 1.19 bits per heavy atom. The van der Waals surface area contributed by atoms with Crippen molar-refractivity contribution >= 4 is 5.97 Å². The number of aliphatic carboxylic acids is 1. The highest BCUT2D eigenvalue weighted by molar-refractivity contribution is 5.70. The second kappa shape index (κ2) is 9.53. The van der Waals surface area contributed by atoms with Gasteiger partial charge in [-0.25, -0.2) is 0 Å². The van der Waals surface area contributed by atoms with Crippen molar-refractivity contribution in [3.05, 3.63) is 35.4 Å². The van der Waals surface area contributed by atoms with Gasteiger partial charge in [0.1, 0.15) is 0 Å². The summed E-state index contributed by atoms with van der Waals surface area (Å²) in [6.45, 7) is 6.95. The Balaban J connectivity index is 2.70. The molecule has 0 saturated heterocycles. The van der Waals surface area contributed by atoms with Gasteiger partial charge in [0.15, 0.2) is 0 Å². The molecule has 4 heteroatoms. The molecule has 1 rings (SSSR count). The summed E-state index contributed by atoms with van der Waals surface area (Å²) in [7, 11) is 1.73. The molecule has 0 aliphatic heterocycles. The standard InChI is InChI=1S/C17H27NO3/c1-4-16(5-2)18(10-11-21-3)13-15-8-6-14(7-9-15)12-17(19)20/h6-9,16H,4-5,10-13H2,1-3H3,(H,19,20). The highest BCUT2D eigenvalue weighted by atomic mass is 16.5. The molecule has 0 saturated carbocycles. The second-order valence-corrected chi connectivity index (χ2v) is 5.32. The average molecular weight is 293 g/mol. The smallest absolute Gasteiger partial charge is 0.307 e. The first-order chi connectivity index (χ1) is 10.1. The highest BCUT2D eigenvalue weighted by Crippen LogP contribution is 2.14. The summed E-state index contributed by atoms with van der Waals surface area (Å²) in [6, 6.07) is 8.43. The summed E-state index contributed by atoms with van der Waals surface area (Å²) in [5, 5.41) is 8.79. The van der Waals surface area contributed by atoms with Crippen LogP contribution >= 0.6 is 0 Å². The second-order valence-electron chi connectivity index (χ2n) is 5.32. The summed E-state index contributed by atoms with van der Waals surface area (Å²) in [4.78, 5) is 13.1. The van der Waals surface area contributed by atoms with Gasteiger partial charge in [0.25, 0.3) is 0 Å². The van der Waals surface area contributed by atoms with Gasteiger partial charge in [-0.1, -0.05) is 38.1 Å². The summed E-state index contributed by atoms with van der Waals surface area (Å²) < 4.78 is 5.21. The summed E-state index contributed by atoms with van der Waals surface area (Å²) >= 11 is 0. The van der Waals surface area contributed by atoms with E-state index in [0.717, 1.165) is 38.1 Å². The van der Waals surface area contributed by atoms with Crippen LogP contribution in [-0.2, 0) is 22.5 Å². The Labute approximate surface area is 127 Å². The minimum atomic E-state index is -0.790. The molecule has 1 aromatic rings. The van der Waals surface area contributed by atoms with Crippen molar-refractivity contribution in [1.82, 2.24) is 4.90 Å². The molecule has 0 unspecified atom stereocenters. The molecule has 0 spiro atoms. The Morgan fingerprint density at radius 2 is 1.76 bits per heavy atom. The third-order valence-electron chi connectivity index (χ3n) is 3.81. The van der Waals surface area contributed by atoms with Gasteiger partial charge in [-0.15, -0.1) is 0 Å². The van der Waals surface area contributed by atoms with Crippen LogP contribution in [0.2, 0.25) is 0 Å². The van der Waals surface area contributed by atoms with Crippen molar-refractivity contribution in [2.24, 2.45) is 0 Å². The number of carboxylic acids is 1. The van der Waals surface area contributed by atoms with Crippen molar-refractivity contribution in [3.63, 3.8) is 0 Å². The van der Waals surface area contributed by atoms with Crippen molar-refractivity contribution in [2.75, 3.05) is 20.3 Å². The maximum Gasteiger partial charge on any atom is 0.307 e. The third-order valence-corrected chi connectivity index (χ3v) is 3.81. The van der Waals surface area contributed by atoms with Crippen LogP contribution < -0.4 is 0 Å². The first-order valence-electron chi connectivity index (χ1n) is 7.63. The van der Waals surface area contributed by atoms with E-state index in [-0.39, 0.29) is 6.42 Å². The normalized spacial score (nSPS) is 11.3. The summed E-state index contributed by atoms with van der Waals surface area (Å²) in [5.41, 5.74) is 2.06. The number of ether oxygens (including phenoxy) is 1. The summed E-state index contributed by atoms with van der Waals surface area (Å²) in [6.07, 6.45) is 2.33. The molecular formula is C17H27NO3. The number of methoxy groups -OCH3 is 1. The zero-order valence-corrected chi connectivity index (χ0v) is 13.3. The van der Waals surface area contributed by atoms with Crippen LogP contribution in [0, 0.1) is 0 Å². The number of carboxylic acid groups (broad SMARTS) is 1. The third kappa shape index (κ3) is 6.27. The monoisotopic (exact) mass is 293 g/mol. The number of carbonyl (C=O) groups is 1. The number of hydrogen-bond donors (Lipinski definition) is 1. The minimum absolute atomic E-state index is 0.0835. The molecule has 0 aromatic heterocycles. The van der Waals surface area contributed by atoms with Crippen LogP contribution in [0.25, 0.3) is 0 Å². The van der Waals surface area contributed by atoms with E-state index in [1.165, 1.54) is 5.56 Å². The zero-order chi connectivity index (χ0) is 15.7. The molecule has 0 bridgehead atoms. The van der Waals surface area contributed by atoms with E-state index in [1.54, 1.807) is 7.11 Å². The zero-order valence-electron chi connectivity index (χ0n) is 13.3. The van der Waals surface area contributed by atoms with Gasteiger partial charge >= 0.3 is 5.97 Å². The van der Waals surface area contributed by atoms with Gasteiger partial charge in [-0.3, -0.25) is 9.69 Å². The lowest BCUT2D eigenvalue weighted by Crippen LogP contribution is -2.36. The van der Waals surface area contributed by atoms with Crippen LogP contribution in [0.3, 0.4) is 0 Å². The van der Waals surface area contributed by atoms with Gasteiger partial charge in [0.2, 0.25) is 0 Å². The fraction of sp³-hybridized carbons (Fsp3) is 0.588. The molecule has 118 valence electrons. The molecule has 0 amide bonds. The van der Waals surface area contributed by atoms with Gasteiger partial charge in [0.05, 0.1) is 13.0 Å². The van der Waals surface area contributed by atoms with E-state index < -0.39 is 5.97 Å². The molecule has 0 aliphatic carbocycles. The Morgan fingerprint density at radius 3 is 2.24 bits per heavy atom. The molecule has 0 radical (unpaired) electrons. The predicted octanol–water partition coefficient (Wildman–Crippen LogP) is 2.95. The van der Waals surface area contributed by atoms with Crippen molar-refractivity contribution in [2.45, 2.75) is 45.7 Å². The van der Waals surface area contributed by atoms with Gasteiger partial charge in [0, 0.05) is 26.2 Å². The molecule has 21 heavy (non-hydrogen) atoms. The van der Waals surface area contributed by atoms with Crippen molar-refractivity contribution < 1.29 is 14.6 Å². The topological polar surface area (TPSA) is 49.8 Å². The van der Waals surface area contributed by atoms with Gasteiger partial charge < -0.3 is 9.84 Å². The van der Waals surface area contributed by atoms with Crippen molar-refractivity contribution in [1.29, 1.82) is 0 Å². The van der Waals surface area contributed by atoms with Crippen LogP contribution in [0.5, 0.6) is 0 Å². The minimum Gasteiger partial charge on any atom is -0.481 e. The predicted molar refractivity (Wildman–Crippen MR) is 84.4 cm³/mol. The molecule has 4 nitrogen and oxygen atoms in total. The fourth-order valence-electron chi connectivity index (χ4n) is 2.58. The maximum atomic E-state index is 10.7. The quantitative estimate of drug-likeness (QED) is 0.720. The number of hydrogen-bond acceptors (Lipinski definition) is 3. The Kier molecular flexibility index (Phi) is 8.01. The molecule has 0 fully saturated rings. The Bertz CT molecular complexity index is 413. The summed E-state index contributed by atoms with van der Waals surface area (Å²) in [5.74, 6) is -0.790. The first-order valence-corrected chi connectivity index (χ1v) is 7.63. The lowest BCUT2D eigenvalue weighted by Gasteiger charge is -2.30. The highest BCUT2D eigenvalue weighted by Gasteiger charge is 2.15. The van der Waals surface area contributed by atoms with E-state index in [0.29, 0.717) is 6.04 Å². The van der Waals surface area contributed by atoms with Crippen molar-refractivity contribution in [3.8, 4) is 0 Å². The van der Waals surface area contributed by atoms with Crippen LogP contribution in [0.15, 0.2) is 24.3 Å². The van der Waals surface area contributed by atoms with E-state index in [4.69, 9.17) is 9.84 Å². The van der Waals surface area contributed by atoms with Crippen LogP contribution in [0.4, 0.5) is 0 Å². The van der Waals surface area contributed by atoms with Crippen LogP contribution in [-0.4, -0.2) is 42.3 Å². The number of rotatable bonds is 10. The molecule has 0 aliphatic rings. The van der Waals surface area contributed by atoms with Crippen LogP contribution in [0.1, 0.15) is 37.8 Å². The average Bonchev–Trinajstić information content (AvgIpc) is 2.47. The largest absolute Gasteiger partial charge is 0.481 e. The first kappa shape index (κ1) is 17.7. The van der Waals surface area contributed by atoms with E-state index >= 15 is 0 Å². The SMILES string of the molecule is CCC(CC)N(CCOC)Cc1ccc(CC(=O)O)cc1. The molecule has 1 N–H and O–H groups in total. The number of nitrogens with zero attached hydrogens (tertiary/aromatic N) is 1. The fourth-order valence-corrected chi connectivity index (χ4v) is 2.58. The van der Waals surface area contributed by atoms with E-state index in [9.17, 15) is 4.79 Å². The van der Waals surface area contributed by atoms with E-state index in [2.05, 4.69) is 18.7 Å². The van der Waals surface area contributed by atoms with E-state index in [1.807, 2.05) is 24.3 Å². The lowest BCUT2D eigenvalue weighted by molar-refractivity contribution is -0.136. The molecule has 0 atom stereocenters. The Hall–Kier alpha value is -1.39.